The van der Waals surface area contributed by atoms with Gasteiger partial charge in [-0.3, -0.25) is 14.6 Å². The molecule has 0 atom stereocenters. The third kappa shape index (κ3) is 3.52. The van der Waals surface area contributed by atoms with Crippen LogP contribution in [0.3, 0.4) is 0 Å². The van der Waals surface area contributed by atoms with Gasteiger partial charge in [0, 0.05) is 5.02 Å². The Kier molecular flexibility index (Phi) is 4.78. The van der Waals surface area contributed by atoms with Crippen molar-refractivity contribution in [3.63, 3.8) is 0 Å². The van der Waals surface area contributed by atoms with Gasteiger partial charge in [-0.15, -0.1) is 0 Å². The summed E-state index contributed by atoms with van der Waals surface area (Å²) in [6.45, 7) is 3.95. The maximum Gasteiger partial charge on any atom is 0.275 e. The van der Waals surface area contributed by atoms with Crippen LogP contribution in [0.4, 0.5) is 10.1 Å². The summed E-state index contributed by atoms with van der Waals surface area (Å²) in [6.07, 6.45) is 1.36. The first-order valence-corrected chi connectivity index (χ1v) is 8.10. The Bertz CT molecular complexity index is 950. The zero-order chi connectivity index (χ0) is 18.1. The van der Waals surface area contributed by atoms with Crippen LogP contribution < -0.4 is 5.32 Å². The van der Waals surface area contributed by atoms with Gasteiger partial charge >= 0.3 is 0 Å². The van der Waals surface area contributed by atoms with Crippen molar-refractivity contribution in [2.24, 2.45) is 0 Å². The van der Waals surface area contributed by atoms with Gasteiger partial charge in [0.25, 0.3) is 5.91 Å². The molecule has 0 bridgehead atoms. The lowest BCUT2D eigenvalue weighted by Crippen LogP contribution is -2.14. The minimum Gasteiger partial charge on any atom is -0.317 e. The van der Waals surface area contributed by atoms with E-state index in [1.54, 1.807) is 17.7 Å². The molecule has 3 aromatic rings. The van der Waals surface area contributed by atoms with Crippen LogP contribution in [0.5, 0.6) is 0 Å². The number of carbonyl (C=O) groups is 1. The van der Waals surface area contributed by atoms with Crippen molar-refractivity contribution in [1.29, 1.82) is 0 Å². The van der Waals surface area contributed by atoms with Crippen LogP contribution in [0.25, 0.3) is 0 Å². The number of halogens is 3. The summed E-state index contributed by atoms with van der Waals surface area (Å²) < 4.78 is 14.9. The lowest BCUT2D eigenvalue weighted by Gasteiger charge is -2.08. The smallest absolute Gasteiger partial charge is 0.275 e. The van der Waals surface area contributed by atoms with E-state index in [0.717, 1.165) is 11.3 Å². The largest absolute Gasteiger partial charge is 0.317 e. The highest BCUT2D eigenvalue weighted by Crippen LogP contribution is 2.24. The van der Waals surface area contributed by atoms with E-state index in [-0.39, 0.29) is 10.7 Å². The van der Waals surface area contributed by atoms with Gasteiger partial charge < -0.3 is 5.32 Å². The molecule has 6 nitrogen and oxygen atoms in total. The van der Waals surface area contributed by atoms with E-state index in [4.69, 9.17) is 23.2 Å². The monoisotopic (exact) mass is 381 g/mol. The first kappa shape index (κ1) is 17.4. The molecule has 130 valence electrons. The number of benzene rings is 1. The maximum absolute atomic E-state index is 13.2. The fourth-order valence-corrected chi connectivity index (χ4v) is 2.85. The van der Waals surface area contributed by atoms with Crippen LogP contribution in [0.2, 0.25) is 10.0 Å². The molecule has 0 saturated heterocycles. The molecule has 1 aromatic carbocycles. The summed E-state index contributed by atoms with van der Waals surface area (Å²) >= 11 is 12.0. The summed E-state index contributed by atoms with van der Waals surface area (Å²) in [5, 5.41) is 14.0. The summed E-state index contributed by atoms with van der Waals surface area (Å²) in [6, 6.07) is 4.21. The van der Waals surface area contributed by atoms with Crippen LogP contribution >= 0.6 is 23.2 Å². The van der Waals surface area contributed by atoms with Crippen LogP contribution in [-0.2, 0) is 6.54 Å². The van der Waals surface area contributed by atoms with Gasteiger partial charge in [0.1, 0.15) is 11.5 Å². The second kappa shape index (κ2) is 6.85. The van der Waals surface area contributed by atoms with Crippen molar-refractivity contribution in [3.05, 3.63) is 62.9 Å². The van der Waals surface area contributed by atoms with E-state index in [2.05, 4.69) is 20.6 Å². The molecule has 9 heteroatoms. The number of hydrogen-bond acceptors (Lipinski definition) is 3. The Morgan fingerprint density at radius 3 is 2.72 bits per heavy atom. The summed E-state index contributed by atoms with van der Waals surface area (Å²) in [4.78, 5) is 12.3. The molecule has 0 saturated carbocycles. The lowest BCUT2D eigenvalue weighted by atomic mass is 10.2. The number of aryl methyl sites for hydroxylation is 1. The number of hydrogen-bond donors (Lipinski definition) is 2. The highest BCUT2D eigenvalue weighted by Gasteiger charge is 2.18. The van der Waals surface area contributed by atoms with E-state index < -0.39 is 11.7 Å². The molecular weight excluding hydrogens is 368 g/mol. The van der Waals surface area contributed by atoms with E-state index in [1.165, 1.54) is 18.3 Å². The third-order valence-electron chi connectivity index (χ3n) is 3.78. The Balaban J connectivity index is 1.86. The number of carbonyl (C=O) groups excluding carboxylic acids is 1. The number of aromatic amines is 1. The second-order valence-corrected chi connectivity index (χ2v) is 6.30. The molecule has 1 amide bonds. The quantitative estimate of drug-likeness (QED) is 0.717. The molecule has 0 aliphatic carbocycles. The Morgan fingerprint density at radius 1 is 1.32 bits per heavy atom. The van der Waals surface area contributed by atoms with Gasteiger partial charge in [0.15, 0.2) is 0 Å². The van der Waals surface area contributed by atoms with Crippen molar-refractivity contribution in [3.8, 4) is 0 Å². The van der Waals surface area contributed by atoms with Gasteiger partial charge in [-0.1, -0.05) is 29.3 Å². The summed E-state index contributed by atoms with van der Waals surface area (Å²) in [7, 11) is 0. The minimum absolute atomic E-state index is 0.176. The molecule has 0 unspecified atom stereocenters. The average molecular weight is 382 g/mol. The topological polar surface area (TPSA) is 75.6 Å². The second-order valence-electron chi connectivity index (χ2n) is 5.49. The molecule has 3 rings (SSSR count). The third-order valence-corrected chi connectivity index (χ3v) is 4.41. The number of H-pyrrole nitrogens is 1. The Hall–Kier alpha value is -2.38. The molecule has 0 aliphatic rings. The normalized spacial score (nSPS) is 10.9. The van der Waals surface area contributed by atoms with E-state index in [0.29, 0.717) is 22.9 Å². The number of amides is 1. The Morgan fingerprint density at radius 2 is 2.08 bits per heavy atom. The highest BCUT2D eigenvalue weighted by atomic mass is 35.5. The molecule has 2 aromatic heterocycles. The van der Waals surface area contributed by atoms with Gasteiger partial charge in [0.05, 0.1) is 34.8 Å². The molecule has 2 heterocycles. The fourth-order valence-electron chi connectivity index (χ4n) is 2.45. The fraction of sp³-hybridized carbons (Fsp3) is 0.188. The molecule has 0 radical (unpaired) electrons. The van der Waals surface area contributed by atoms with Crippen LogP contribution in [-0.4, -0.2) is 25.9 Å². The minimum atomic E-state index is -0.409. The molecule has 0 spiro atoms. The molecule has 0 fully saturated rings. The first-order chi connectivity index (χ1) is 11.9. The standard InChI is InChI=1S/C16H14Cl2FN5O/c1-8-14(21-16(25)15-13(18)6-20-22-15)9(2)24(23-8)7-10-3-4-11(19)5-12(10)17/h3-6H,7H2,1-2H3,(H,20,22)(H,21,25). The van der Waals surface area contributed by atoms with Crippen molar-refractivity contribution in [1.82, 2.24) is 20.0 Å². The number of nitrogens with one attached hydrogen (secondary N) is 2. The van der Waals surface area contributed by atoms with Gasteiger partial charge in [0.2, 0.25) is 0 Å². The molecule has 0 aliphatic heterocycles. The number of aromatic nitrogens is 4. The predicted octanol–water partition coefficient (Wildman–Crippen LogP) is 3.97. The van der Waals surface area contributed by atoms with Crippen molar-refractivity contribution >= 4 is 34.8 Å². The number of rotatable bonds is 4. The van der Waals surface area contributed by atoms with Crippen molar-refractivity contribution in [2.45, 2.75) is 20.4 Å². The predicted molar refractivity (Wildman–Crippen MR) is 93.8 cm³/mol. The highest BCUT2D eigenvalue weighted by molar-refractivity contribution is 6.34. The Labute approximate surface area is 152 Å². The zero-order valence-electron chi connectivity index (χ0n) is 13.4. The van der Waals surface area contributed by atoms with Crippen molar-refractivity contribution < 1.29 is 9.18 Å². The zero-order valence-corrected chi connectivity index (χ0v) is 14.9. The van der Waals surface area contributed by atoms with Crippen LogP contribution in [0.15, 0.2) is 24.4 Å². The SMILES string of the molecule is Cc1nn(Cc2ccc(F)cc2Cl)c(C)c1NC(=O)c1[nH]ncc1Cl. The van der Waals surface area contributed by atoms with Crippen LogP contribution in [0.1, 0.15) is 27.4 Å². The van der Waals surface area contributed by atoms with Crippen LogP contribution in [0, 0.1) is 19.7 Å². The lowest BCUT2D eigenvalue weighted by molar-refractivity contribution is 0.102. The van der Waals surface area contributed by atoms with Crippen molar-refractivity contribution in [2.75, 3.05) is 5.32 Å². The molecular formula is C16H14Cl2FN5O. The maximum atomic E-state index is 13.2. The summed E-state index contributed by atoms with van der Waals surface area (Å²) in [5.41, 5.74) is 2.86. The molecule has 2 N–H and O–H groups in total. The van der Waals surface area contributed by atoms with Gasteiger partial charge in [-0.25, -0.2) is 4.39 Å². The number of anilines is 1. The van der Waals surface area contributed by atoms with E-state index in [1.807, 2.05) is 6.92 Å². The molecule has 25 heavy (non-hydrogen) atoms. The average Bonchev–Trinajstić information content (AvgIpc) is 3.09. The van der Waals surface area contributed by atoms with E-state index in [9.17, 15) is 9.18 Å². The number of nitrogens with zero attached hydrogens (tertiary/aromatic N) is 3. The van der Waals surface area contributed by atoms with Gasteiger partial charge in [-0.05, 0) is 31.5 Å². The summed E-state index contributed by atoms with van der Waals surface area (Å²) in [5.74, 6) is -0.806. The van der Waals surface area contributed by atoms with Gasteiger partial charge in [-0.2, -0.15) is 10.2 Å². The van der Waals surface area contributed by atoms with E-state index >= 15 is 0 Å². The first-order valence-electron chi connectivity index (χ1n) is 7.35.